The Kier molecular flexibility index (Phi) is 3.42. The number of hydrogen-bond donors (Lipinski definition) is 0. The van der Waals surface area contributed by atoms with Crippen molar-refractivity contribution < 1.29 is 9.15 Å². The minimum absolute atomic E-state index is 0.335. The van der Waals surface area contributed by atoms with Gasteiger partial charge >= 0.3 is 0 Å². The Balaban J connectivity index is 2.23. The largest absolute Gasteiger partial charge is 0.497 e. The highest BCUT2D eigenvalue weighted by molar-refractivity contribution is 6.29. The molecule has 2 aromatic rings. The molecule has 0 fully saturated rings. The zero-order valence-electron chi connectivity index (χ0n) is 8.61. The summed E-state index contributed by atoms with van der Waals surface area (Å²) in [6.07, 6.45) is 0. The van der Waals surface area contributed by atoms with Gasteiger partial charge in [-0.05, 0) is 41.4 Å². The standard InChI is InChI=1S/C12H10Cl2O2/c1-15-9-4-2-8(3-5-9)12(14)10-6-7-11(13)16-10/h2-7,12H,1H3. The van der Waals surface area contributed by atoms with Crippen molar-refractivity contribution in [1.82, 2.24) is 0 Å². The van der Waals surface area contributed by atoms with E-state index in [1.54, 1.807) is 19.2 Å². The predicted molar refractivity (Wildman–Crippen MR) is 64.4 cm³/mol. The number of alkyl halides is 1. The van der Waals surface area contributed by atoms with E-state index in [0.717, 1.165) is 11.3 Å². The van der Waals surface area contributed by atoms with Gasteiger partial charge in [0.15, 0.2) is 5.22 Å². The summed E-state index contributed by atoms with van der Waals surface area (Å²) < 4.78 is 10.3. The fourth-order valence-corrected chi connectivity index (χ4v) is 1.82. The van der Waals surface area contributed by atoms with Crippen molar-refractivity contribution in [2.24, 2.45) is 0 Å². The first-order chi connectivity index (χ1) is 7.70. The van der Waals surface area contributed by atoms with E-state index in [0.29, 0.717) is 11.0 Å². The number of furan rings is 1. The number of methoxy groups -OCH3 is 1. The second kappa shape index (κ2) is 4.81. The van der Waals surface area contributed by atoms with Crippen molar-refractivity contribution in [2.45, 2.75) is 5.38 Å². The van der Waals surface area contributed by atoms with Crippen molar-refractivity contribution in [3.05, 3.63) is 52.9 Å². The molecule has 0 amide bonds. The van der Waals surface area contributed by atoms with Crippen molar-refractivity contribution in [1.29, 1.82) is 0 Å². The molecule has 0 radical (unpaired) electrons. The molecule has 4 heteroatoms. The molecule has 2 nitrogen and oxygen atoms in total. The maximum absolute atomic E-state index is 6.25. The number of hydrogen-bond acceptors (Lipinski definition) is 2. The van der Waals surface area contributed by atoms with Crippen LogP contribution in [-0.2, 0) is 0 Å². The van der Waals surface area contributed by atoms with Crippen LogP contribution in [0.25, 0.3) is 0 Å². The van der Waals surface area contributed by atoms with Gasteiger partial charge in [-0.3, -0.25) is 0 Å². The van der Waals surface area contributed by atoms with E-state index in [-0.39, 0.29) is 5.38 Å². The lowest BCUT2D eigenvalue weighted by Gasteiger charge is -2.07. The molecule has 1 aromatic carbocycles. The molecule has 84 valence electrons. The van der Waals surface area contributed by atoms with Crippen LogP contribution in [0.4, 0.5) is 0 Å². The molecule has 0 aliphatic heterocycles. The third kappa shape index (κ3) is 2.34. The van der Waals surface area contributed by atoms with E-state index in [9.17, 15) is 0 Å². The Hall–Kier alpha value is -1.12. The van der Waals surface area contributed by atoms with E-state index in [1.165, 1.54) is 0 Å². The Morgan fingerprint density at radius 1 is 1.12 bits per heavy atom. The highest BCUT2D eigenvalue weighted by Crippen LogP contribution is 2.31. The monoisotopic (exact) mass is 256 g/mol. The van der Waals surface area contributed by atoms with Gasteiger partial charge in [0.2, 0.25) is 0 Å². The fraction of sp³-hybridized carbons (Fsp3) is 0.167. The third-order valence-corrected chi connectivity index (χ3v) is 2.92. The first kappa shape index (κ1) is 11.4. The Bertz CT molecular complexity index is 462. The van der Waals surface area contributed by atoms with Gasteiger partial charge in [0, 0.05) is 0 Å². The van der Waals surface area contributed by atoms with Crippen LogP contribution in [0.5, 0.6) is 5.75 Å². The molecular weight excluding hydrogens is 247 g/mol. The Labute approximate surface area is 104 Å². The lowest BCUT2D eigenvalue weighted by Crippen LogP contribution is -1.91. The Morgan fingerprint density at radius 3 is 2.31 bits per heavy atom. The second-order valence-electron chi connectivity index (χ2n) is 3.28. The molecule has 1 unspecified atom stereocenters. The molecule has 0 saturated heterocycles. The van der Waals surface area contributed by atoms with Crippen LogP contribution >= 0.6 is 23.2 Å². The summed E-state index contributed by atoms with van der Waals surface area (Å²) in [6.45, 7) is 0. The first-order valence-corrected chi connectivity index (χ1v) is 5.55. The predicted octanol–water partition coefficient (Wildman–Crippen LogP) is 4.27. The van der Waals surface area contributed by atoms with Gasteiger partial charge in [-0.2, -0.15) is 0 Å². The lowest BCUT2D eigenvalue weighted by molar-refractivity contribution is 0.414. The fourth-order valence-electron chi connectivity index (χ4n) is 1.40. The molecule has 1 heterocycles. The topological polar surface area (TPSA) is 22.4 Å². The van der Waals surface area contributed by atoms with Crippen LogP contribution in [0, 0.1) is 0 Å². The van der Waals surface area contributed by atoms with E-state index in [1.807, 2.05) is 24.3 Å². The van der Waals surface area contributed by atoms with Gasteiger partial charge in [-0.25, -0.2) is 0 Å². The summed E-state index contributed by atoms with van der Waals surface area (Å²) in [4.78, 5) is 0. The number of halogens is 2. The van der Waals surface area contributed by atoms with Gasteiger partial charge in [-0.15, -0.1) is 11.6 Å². The van der Waals surface area contributed by atoms with Crippen molar-refractivity contribution >= 4 is 23.2 Å². The van der Waals surface area contributed by atoms with E-state index in [4.69, 9.17) is 32.4 Å². The van der Waals surface area contributed by atoms with Crippen molar-refractivity contribution in [2.75, 3.05) is 7.11 Å². The third-order valence-electron chi connectivity index (χ3n) is 2.25. The minimum atomic E-state index is -0.335. The molecular formula is C12H10Cl2O2. The van der Waals surface area contributed by atoms with Crippen molar-refractivity contribution in [3.8, 4) is 5.75 Å². The van der Waals surface area contributed by atoms with Gasteiger partial charge in [-0.1, -0.05) is 12.1 Å². The molecule has 0 aliphatic rings. The van der Waals surface area contributed by atoms with Crippen LogP contribution in [-0.4, -0.2) is 7.11 Å². The second-order valence-corrected chi connectivity index (χ2v) is 4.09. The number of rotatable bonds is 3. The molecule has 0 N–H and O–H groups in total. The average molecular weight is 257 g/mol. The molecule has 0 saturated carbocycles. The average Bonchev–Trinajstić information content (AvgIpc) is 2.75. The summed E-state index contributed by atoms with van der Waals surface area (Å²) >= 11 is 11.9. The minimum Gasteiger partial charge on any atom is -0.497 e. The highest BCUT2D eigenvalue weighted by atomic mass is 35.5. The summed E-state index contributed by atoms with van der Waals surface area (Å²) in [5.41, 5.74) is 0.938. The molecule has 2 rings (SSSR count). The quantitative estimate of drug-likeness (QED) is 0.766. The summed E-state index contributed by atoms with van der Waals surface area (Å²) in [5.74, 6) is 1.43. The van der Waals surface area contributed by atoms with Crippen molar-refractivity contribution in [3.63, 3.8) is 0 Å². The maximum atomic E-state index is 6.25. The number of ether oxygens (including phenoxy) is 1. The van der Waals surface area contributed by atoms with E-state index in [2.05, 4.69) is 0 Å². The van der Waals surface area contributed by atoms with Crippen LogP contribution < -0.4 is 4.74 Å². The van der Waals surface area contributed by atoms with E-state index >= 15 is 0 Å². The molecule has 0 bridgehead atoms. The SMILES string of the molecule is COc1ccc(C(Cl)c2ccc(Cl)o2)cc1. The zero-order chi connectivity index (χ0) is 11.5. The van der Waals surface area contributed by atoms with Crippen LogP contribution in [0.1, 0.15) is 16.7 Å². The van der Waals surface area contributed by atoms with Crippen LogP contribution in [0.3, 0.4) is 0 Å². The summed E-state index contributed by atoms with van der Waals surface area (Å²) in [6, 6.07) is 10.9. The molecule has 1 atom stereocenters. The molecule has 0 aliphatic carbocycles. The molecule has 1 aromatic heterocycles. The van der Waals surface area contributed by atoms with Gasteiger partial charge in [0.05, 0.1) is 7.11 Å². The Morgan fingerprint density at radius 2 is 1.81 bits per heavy atom. The smallest absolute Gasteiger partial charge is 0.193 e. The van der Waals surface area contributed by atoms with Crippen LogP contribution in [0.15, 0.2) is 40.8 Å². The van der Waals surface area contributed by atoms with Crippen LogP contribution in [0.2, 0.25) is 5.22 Å². The number of benzene rings is 1. The van der Waals surface area contributed by atoms with E-state index < -0.39 is 0 Å². The highest BCUT2D eigenvalue weighted by Gasteiger charge is 2.14. The van der Waals surface area contributed by atoms with Gasteiger partial charge < -0.3 is 9.15 Å². The molecule has 16 heavy (non-hydrogen) atoms. The summed E-state index contributed by atoms with van der Waals surface area (Å²) in [5, 5.41) is 0.00701. The first-order valence-electron chi connectivity index (χ1n) is 4.74. The van der Waals surface area contributed by atoms with Gasteiger partial charge in [0.1, 0.15) is 16.9 Å². The zero-order valence-corrected chi connectivity index (χ0v) is 10.1. The maximum Gasteiger partial charge on any atom is 0.193 e. The lowest BCUT2D eigenvalue weighted by atomic mass is 10.1. The molecule has 0 spiro atoms. The normalized spacial score (nSPS) is 12.4. The summed E-state index contributed by atoms with van der Waals surface area (Å²) in [7, 11) is 1.62. The van der Waals surface area contributed by atoms with Gasteiger partial charge in [0.25, 0.3) is 0 Å².